The molecule has 0 aliphatic carbocycles. The summed E-state index contributed by atoms with van der Waals surface area (Å²) in [4.78, 5) is 26.0. The molecule has 154 valence electrons. The third-order valence-corrected chi connectivity index (χ3v) is 5.22. The van der Waals surface area contributed by atoms with Crippen molar-refractivity contribution in [3.8, 4) is 0 Å². The number of benzene rings is 2. The minimum absolute atomic E-state index is 0.0895. The van der Waals surface area contributed by atoms with Gasteiger partial charge in [-0.05, 0) is 49.1 Å². The Hall–Kier alpha value is -3.68. The Balaban J connectivity index is 1.59. The number of anilines is 2. The summed E-state index contributed by atoms with van der Waals surface area (Å²) in [6.45, 7) is 2.28. The normalized spacial score (nSPS) is 13.8. The Bertz CT molecular complexity index is 1040. The van der Waals surface area contributed by atoms with Crippen molar-refractivity contribution in [3.05, 3.63) is 82.2 Å². The number of rotatable bonds is 6. The zero-order chi connectivity index (χ0) is 20.9. The largest absolute Gasteiger partial charge is 0.371 e. The van der Waals surface area contributed by atoms with Gasteiger partial charge in [0.25, 0.3) is 11.6 Å². The second-order valence-electron chi connectivity index (χ2n) is 7.36. The van der Waals surface area contributed by atoms with Gasteiger partial charge in [-0.15, -0.1) is 0 Å². The molecule has 1 aromatic heterocycles. The number of nitrogens with one attached hydrogen (secondary N) is 1. The monoisotopic (exact) mass is 405 g/mol. The first kappa shape index (κ1) is 19.6. The van der Waals surface area contributed by atoms with Gasteiger partial charge >= 0.3 is 0 Å². The molecule has 1 aliphatic heterocycles. The van der Waals surface area contributed by atoms with Crippen molar-refractivity contribution < 1.29 is 9.72 Å². The molecule has 8 heteroatoms. The molecular formula is C22H23N5O3. The first-order chi connectivity index (χ1) is 14.6. The summed E-state index contributed by atoms with van der Waals surface area (Å²) in [7, 11) is 0. The molecule has 8 nitrogen and oxygen atoms in total. The predicted molar refractivity (Wildman–Crippen MR) is 115 cm³/mol. The fourth-order valence-electron chi connectivity index (χ4n) is 3.76. The Morgan fingerprint density at radius 2 is 1.93 bits per heavy atom. The van der Waals surface area contributed by atoms with E-state index in [1.807, 2.05) is 36.5 Å². The van der Waals surface area contributed by atoms with E-state index in [0.29, 0.717) is 17.8 Å². The van der Waals surface area contributed by atoms with Crippen LogP contribution in [0.1, 0.15) is 35.2 Å². The maximum absolute atomic E-state index is 13.1. The average Bonchev–Trinajstić information content (AvgIpc) is 3.27. The van der Waals surface area contributed by atoms with Crippen LogP contribution in [0.3, 0.4) is 0 Å². The zero-order valence-electron chi connectivity index (χ0n) is 16.5. The molecule has 1 N–H and O–H groups in total. The lowest BCUT2D eigenvalue weighted by Crippen LogP contribution is -2.31. The SMILES string of the molecule is O=C(Nc1cccc(Cn2cccn2)c1)c1cc([N+](=O)[O-])ccc1N1CCCCC1. The lowest BCUT2D eigenvalue weighted by molar-refractivity contribution is -0.384. The highest BCUT2D eigenvalue weighted by atomic mass is 16.6. The maximum atomic E-state index is 13.1. The third-order valence-electron chi connectivity index (χ3n) is 5.22. The van der Waals surface area contributed by atoms with E-state index < -0.39 is 4.92 Å². The quantitative estimate of drug-likeness (QED) is 0.493. The van der Waals surface area contributed by atoms with Crippen LogP contribution < -0.4 is 10.2 Å². The summed E-state index contributed by atoms with van der Waals surface area (Å²) in [6.07, 6.45) is 6.85. The van der Waals surface area contributed by atoms with Gasteiger partial charge in [0.1, 0.15) is 0 Å². The lowest BCUT2D eigenvalue weighted by Gasteiger charge is -2.30. The van der Waals surface area contributed by atoms with Crippen molar-refractivity contribution in [1.82, 2.24) is 9.78 Å². The van der Waals surface area contributed by atoms with E-state index in [1.54, 1.807) is 16.9 Å². The summed E-state index contributed by atoms with van der Waals surface area (Å²) >= 11 is 0. The highest BCUT2D eigenvalue weighted by molar-refractivity contribution is 6.08. The van der Waals surface area contributed by atoms with Gasteiger partial charge in [0.2, 0.25) is 0 Å². The molecule has 1 amide bonds. The summed E-state index contributed by atoms with van der Waals surface area (Å²) in [5.74, 6) is -0.351. The van der Waals surface area contributed by atoms with Crippen LogP contribution in [0.2, 0.25) is 0 Å². The van der Waals surface area contributed by atoms with Gasteiger partial charge in [-0.1, -0.05) is 12.1 Å². The molecule has 0 radical (unpaired) electrons. The smallest absolute Gasteiger partial charge is 0.270 e. The molecule has 30 heavy (non-hydrogen) atoms. The molecule has 0 saturated carbocycles. The number of hydrogen-bond donors (Lipinski definition) is 1. The summed E-state index contributed by atoms with van der Waals surface area (Å²) in [5.41, 5.74) is 2.61. The fraction of sp³-hybridized carbons (Fsp3) is 0.273. The minimum atomic E-state index is -0.471. The molecule has 2 heterocycles. The number of amides is 1. The second kappa shape index (κ2) is 8.77. The molecule has 2 aromatic carbocycles. The Kier molecular flexibility index (Phi) is 5.74. The Morgan fingerprint density at radius 1 is 1.10 bits per heavy atom. The molecule has 0 atom stereocenters. The lowest BCUT2D eigenvalue weighted by atomic mass is 10.1. The average molecular weight is 405 g/mol. The number of aromatic nitrogens is 2. The van der Waals surface area contributed by atoms with Crippen LogP contribution in [0, 0.1) is 10.1 Å². The zero-order valence-corrected chi connectivity index (χ0v) is 16.5. The fourth-order valence-corrected chi connectivity index (χ4v) is 3.76. The minimum Gasteiger partial charge on any atom is -0.371 e. The second-order valence-corrected chi connectivity index (χ2v) is 7.36. The van der Waals surface area contributed by atoms with Crippen LogP contribution in [0.5, 0.6) is 0 Å². The molecule has 1 fully saturated rings. The number of carbonyl (C=O) groups excluding carboxylic acids is 1. The molecule has 0 spiro atoms. The number of non-ortho nitro benzene ring substituents is 1. The Labute approximate surface area is 174 Å². The first-order valence-corrected chi connectivity index (χ1v) is 10.0. The number of carbonyl (C=O) groups is 1. The van der Waals surface area contributed by atoms with E-state index >= 15 is 0 Å². The van der Waals surface area contributed by atoms with Gasteiger partial charge in [0.05, 0.1) is 22.7 Å². The first-order valence-electron chi connectivity index (χ1n) is 10.0. The molecular weight excluding hydrogens is 382 g/mol. The van der Waals surface area contributed by atoms with Crippen molar-refractivity contribution in [2.75, 3.05) is 23.3 Å². The maximum Gasteiger partial charge on any atom is 0.270 e. The van der Waals surface area contributed by atoms with Crippen LogP contribution in [0.25, 0.3) is 0 Å². The van der Waals surface area contributed by atoms with E-state index in [1.165, 1.54) is 12.1 Å². The van der Waals surface area contributed by atoms with Crippen molar-refractivity contribution in [1.29, 1.82) is 0 Å². The molecule has 0 bridgehead atoms. The van der Waals surface area contributed by atoms with Crippen molar-refractivity contribution in [2.24, 2.45) is 0 Å². The number of nitro benzene ring substituents is 1. The van der Waals surface area contributed by atoms with Crippen LogP contribution in [0.4, 0.5) is 17.1 Å². The number of piperidine rings is 1. The van der Waals surface area contributed by atoms with E-state index in [0.717, 1.165) is 43.6 Å². The standard InChI is InChI=1S/C22H23N5O3/c28-22(24-18-7-4-6-17(14-18)16-26-13-5-10-23-26)20-15-19(27(29)30)8-9-21(20)25-11-2-1-3-12-25/h4-10,13-15H,1-3,11-12,16H2,(H,24,28). The molecule has 0 unspecified atom stereocenters. The van der Waals surface area contributed by atoms with Crippen molar-refractivity contribution in [2.45, 2.75) is 25.8 Å². The highest BCUT2D eigenvalue weighted by Crippen LogP contribution is 2.29. The summed E-state index contributed by atoms with van der Waals surface area (Å²) in [6, 6.07) is 13.9. The van der Waals surface area contributed by atoms with Crippen LogP contribution in [-0.4, -0.2) is 33.7 Å². The number of nitro groups is 1. The van der Waals surface area contributed by atoms with Crippen LogP contribution in [0.15, 0.2) is 60.9 Å². The van der Waals surface area contributed by atoms with Gasteiger partial charge in [0.15, 0.2) is 0 Å². The predicted octanol–water partition coefficient (Wildman–Crippen LogP) is 4.08. The van der Waals surface area contributed by atoms with Gasteiger partial charge in [-0.3, -0.25) is 19.6 Å². The van der Waals surface area contributed by atoms with E-state index in [9.17, 15) is 14.9 Å². The van der Waals surface area contributed by atoms with E-state index in [4.69, 9.17) is 0 Å². The summed E-state index contributed by atoms with van der Waals surface area (Å²) in [5, 5.41) is 18.4. The van der Waals surface area contributed by atoms with Crippen molar-refractivity contribution in [3.63, 3.8) is 0 Å². The van der Waals surface area contributed by atoms with E-state index in [2.05, 4.69) is 15.3 Å². The van der Waals surface area contributed by atoms with Crippen LogP contribution in [-0.2, 0) is 6.54 Å². The molecule has 3 aromatic rings. The highest BCUT2D eigenvalue weighted by Gasteiger charge is 2.22. The number of hydrogen-bond acceptors (Lipinski definition) is 5. The topological polar surface area (TPSA) is 93.3 Å². The van der Waals surface area contributed by atoms with Gasteiger partial charge in [-0.25, -0.2) is 0 Å². The van der Waals surface area contributed by atoms with Gasteiger partial charge in [0, 0.05) is 43.3 Å². The Morgan fingerprint density at radius 3 is 2.67 bits per heavy atom. The summed E-state index contributed by atoms with van der Waals surface area (Å²) < 4.78 is 1.80. The molecule has 1 saturated heterocycles. The molecule has 1 aliphatic rings. The molecule has 4 rings (SSSR count). The third kappa shape index (κ3) is 4.48. The number of nitrogens with zero attached hydrogens (tertiary/aromatic N) is 4. The van der Waals surface area contributed by atoms with Crippen molar-refractivity contribution >= 4 is 23.0 Å². The van der Waals surface area contributed by atoms with Gasteiger partial charge in [-0.2, -0.15) is 5.10 Å². The van der Waals surface area contributed by atoms with Gasteiger partial charge < -0.3 is 10.2 Å². The van der Waals surface area contributed by atoms with Crippen LogP contribution >= 0.6 is 0 Å². The van der Waals surface area contributed by atoms with E-state index in [-0.39, 0.29) is 11.6 Å².